The van der Waals surface area contributed by atoms with E-state index in [0.717, 1.165) is 0 Å². The van der Waals surface area contributed by atoms with Crippen LogP contribution in [0, 0.1) is 21.4 Å². The molecule has 0 unspecified atom stereocenters. The highest BCUT2D eigenvalue weighted by atomic mass is 16.6. The summed E-state index contributed by atoms with van der Waals surface area (Å²) in [6.07, 6.45) is 0.655. The number of nitriles is 1. The van der Waals surface area contributed by atoms with E-state index in [0.29, 0.717) is 23.2 Å². The van der Waals surface area contributed by atoms with Gasteiger partial charge in [-0.15, -0.1) is 0 Å². The molecule has 2 aromatic rings. The first-order valence-electron chi connectivity index (χ1n) is 6.00. The standard InChI is InChI=1S/C15H10N2O4/c16-8-11-5-6-13(14(7-11)17(19)20)10-21-15-4-2-1-3-12(15)9-18/h1-7,9H,10H2. The third-order valence-electron chi connectivity index (χ3n) is 2.84. The van der Waals surface area contributed by atoms with Gasteiger partial charge in [-0.25, -0.2) is 0 Å². The van der Waals surface area contributed by atoms with E-state index in [1.165, 1.54) is 18.2 Å². The van der Waals surface area contributed by atoms with Crippen molar-refractivity contribution < 1.29 is 14.5 Å². The van der Waals surface area contributed by atoms with Gasteiger partial charge in [0.1, 0.15) is 12.4 Å². The highest BCUT2D eigenvalue weighted by Crippen LogP contribution is 2.23. The van der Waals surface area contributed by atoms with Crippen molar-refractivity contribution in [2.75, 3.05) is 0 Å². The first kappa shape index (κ1) is 14.2. The molecule has 6 nitrogen and oxygen atoms in total. The summed E-state index contributed by atoms with van der Waals surface area (Å²) in [6, 6.07) is 12.6. The van der Waals surface area contributed by atoms with Crippen molar-refractivity contribution in [1.29, 1.82) is 5.26 Å². The Labute approximate surface area is 120 Å². The Balaban J connectivity index is 2.26. The third kappa shape index (κ3) is 3.22. The van der Waals surface area contributed by atoms with E-state index in [9.17, 15) is 14.9 Å². The van der Waals surface area contributed by atoms with E-state index in [4.69, 9.17) is 10.00 Å². The number of benzene rings is 2. The fraction of sp³-hybridized carbons (Fsp3) is 0.0667. The molecule has 0 N–H and O–H groups in total. The van der Waals surface area contributed by atoms with Crippen LogP contribution in [-0.2, 0) is 6.61 Å². The Bertz CT molecular complexity index is 735. The van der Waals surface area contributed by atoms with Crippen molar-refractivity contribution in [2.45, 2.75) is 6.61 Å². The molecular weight excluding hydrogens is 272 g/mol. The minimum Gasteiger partial charge on any atom is -0.488 e. The lowest BCUT2D eigenvalue weighted by Crippen LogP contribution is -2.02. The van der Waals surface area contributed by atoms with Gasteiger partial charge >= 0.3 is 0 Å². The Hall–Kier alpha value is -3.20. The van der Waals surface area contributed by atoms with Crippen LogP contribution in [0.2, 0.25) is 0 Å². The summed E-state index contributed by atoms with van der Waals surface area (Å²) in [7, 11) is 0. The molecule has 0 saturated heterocycles. The topological polar surface area (TPSA) is 93.2 Å². The monoisotopic (exact) mass is 282 g/mol. The fourth-order valence-electron chi connectivity index (χ4n) is 1.79. The molecule has 0 radical (unpaired) electrons. The van der Waals surface area contributed by atoms with E-state index in [-0.39, 0.29) is 17.9 Å². The zero-order valence-electron chi connectivity index (χ0n) is 10.9. The molecule has 0 heterocycles. The second kappa shape index (κ2) is 6.30. The summed E-state index contributed by atoms with van der Waals surface area (Å²) in [5.74, 6) is 0.353. The number of hydrogen-bond acceptors (Lipinski definition) is 5. The zero-order chi connectivity index (χ0) is 15.2. The molecule has 0 amide bonds. The average Bonchev–Trinajstić information content (AvgIpc) is 2.52. The number of nitrogens with zero attached hydrogens (tertiary/aromatic N) is 2. The summed E-state index contributed by atoms with van der Waals surface area (Å²) in [5, 5.41) is 19.8. The third-order valence-corrected chi connectivity index (χ3v) is 2.84. The molecule has 0 saturated carbocycles. The van der Waals surface area contributed by atoms with Crippen molar-refractivity contribution in [3.8, 4) is 11.8 Å². The lowest BCUT2D eigenvalue weighted by molar-refractivity contribution is -0.385. The van der Waals surface area contributed by atoms with Crippen LogP contribution >= 0.6 is 0 Å². The highest BCUT2D eigenvalue weighted by molar-refractivity contribution is 5.79. The van der Waals surface area contributed by atoms with Crippen LogP contribution in [0.3, 0.4) is 0 Å². The Kier molecular flexibility index (Phi) is 4.26. The number of rotatable bonds is 5. The van der Waals surface area contributed by atoms with Crippen LogP contribution in [0.15, 0.2) is 42.5 Å². The molecule has 2 rings (SSSR count). The van der Waals surface area contributed by atoms with Gasteiger partial charge in [0.05, 0.1) is 27.7 Å². The summed E-state index contributed by atoms with van der Waals surface area (Å²) < 4.78 is 5.46. The first-order chi connectivity index (χ1) is 10.2. The number of aldehydes is 1. The van der Waals surface area contributed by atoms with Crippen LogP contribution in [0.25, 0.3) is 0 Å². The van der Waals surface area contributed by atoms with Gasteiger partial charge in [-0.1, -0.05) is 12.1 Å². The number of hydrogen-bond donors (Lipinski definition) is 0. The molecule has 0 aliphatic rings. The fourth-order valence-corrected chi connectivity index (χ4v) is 1.79. The Morgan fingerprint density at radius 1 is 1.29 bits per heavy atom. The van der Waals surface area contributed by atoms with Gasteiger partial charge in [-0.3, -0.25) is 14.9 Å². The number of nitro groups is 1. The number of ether oxygens (including phenoxy) is 1. The van der Waals surface area contributed by atoms with Gasteiger partial charge in [0.2, 0.25) is 0 Å². The van der Waals surface area contributed by atoms with E-state index in [2.05, 4.69) is 0 Å². The van der Waals surface area contributed by atoms with Crippen LogP contribution < -0.4 is 4.74 Å². The largest absolute Gasteiger partial charge is 0.488 e. The maximum absolute atomic E-state index is 11.0. The molecule has 0 aliphatic heterocycles. The molecule has 0 bridgehead atoms. The predicted octanol–water partition coefficient (Wildman–Crippen LogP) is 2.86. The Morgan fingerprint density at radius 3 is 2.71 bits per heavy atom. The first-order valence-corrected chi connectivity index (χ1v) is 6.00. The lowest BCUT2D eigenvalue weighted by Gasteiger charge is -2.08. The SMILES string of the molecule is N#Cc1ccc(COc2ccccc2C=O)c([N+](=O)[O-])c1. The molecule has 0 aliphatic carbocycles. The Morgan fingerprint density at radius 2 is 2.05 bits per heavy atom. The molecule has 0 spiro atoms. The number of nitro benzene ring substituents is 1. The normalized spacial score (nSPS) is 9.67. The van der Waals surface area contributed by atoms with Crippen molar-refractivity contribution in [3.63, 3.8) is 0 Å². The molecule has 2 aromatic carbocycles. The summed E-state index contributed by atoms with van der Waals surface area (Å²) in [4.78, 5) is 21.3. The zero-order valence-corrected chi connectivity index (χ0v) is 10.9. The van der Waals surface area contributed by atoms with Crippen LogP contribution in [0.4, 0.5) is 5.69 Å². The molecule has 6 heteroatoms. The van der Waals surface area contributed by atoms with E-state index < -0.39 is 4.92 Å². The van der Waals surface area contributed by atoms with Crippen molar-refractivity contribution >= 4 is 12.0 Å². The van der Waals surface area contributed by atoms with Crippen molar-refractivity contribution in [3.05, 3.63) is 69.3 Å². The number of para-hydroxylation sites is 1. The number of carbonyl (C=O) groups is 1. The lowest BCUT2D eigenvalue weighted by atomic mass is 10.1. The summed E-state index contributed by atoms with van der Waals surface area (Å²) in [6.45, 7) is -0.0626. The van der Waals surface area contributed by atoms with Crippen LogP contribution in [0.1, 0.15) is 21.5 Å². The molecule has 21 heavy (non-hydrogen) atoms. The summed E-state index contributed by atoms with van der Waals surface area (Å²) in [5.41, 5.74) is 0.727. The van der Waals surface area contributed by atoms with Gasteiger partial charge in [-0.05, 0) is 24.3 Å². The van der Waals surface area contributed by atoms with E-state index in [1.807, 2.05) is 6.07 Å². The number of carbonyl (C=O) groups excluding carboxylic acids is 1. The van der Waals surface area contributed by atoms with E-state index in [1.54, 1.807) is 24.3 Å². The second-order valence-corrected chi connectivity index (χ2v) is 4.16. The van der Waals surface area contributed by atoms with Gasteiger partial charge in [-0.2, -0.15) is 5.26 Å². The van der Waals surface area contributed by atoms with Crippen LogP contribution in [-0.4, -0.2) is 11.2 Å². The maximum Gasteiger partial charge on any atom is 0.277 e. The molecule has 0 fully saturated rings. The van der Waals surface area contributed by atoms with Crippen molar-refractivity contribution in [1.82, 2.24) is 0 Å². The predicted molar refractivity (Wildman–Crippen MR) is 74.0 cm³/mol. The molecule has 0 aromatic heterocycles. The molecule has 0 atom stereocenters. The molecule has 104 valence electrons. The van der Waals surface area contributed by atoms with Gasteiger partial charge in [0, 0.05) is 6.07 Å². The van der Waals surface area contributed by atoms with Crippen molar-refractivity contribution in [2.24, 2.45) is 0 Å². The second-order valence-electron chi connectivity index (χ2n) is 4.16. The summed E-state index contributed by atoms with van der Waals surface area (Å²) >= 11 is 0. The van der Waals surface area contributed by atoms with Crippen LogP contribution in [0.5, 0.6) is 5.75 Å². The van der Waals surface area contributed by atoms with Gasteiger partial charge < -0.3 is 4.74 Å². The van der Waals surface area contributed by atoms with Gasteiger partial charge in [0.25, 0.3) is 5.69 Å². The highest BCUT2D eigenvalue weighted by Gasteiger charge is 2.15. The quantitative estimate of drug-likeness (QED) is 0.477. The average molecular weight is 282 g/mol. The van der Waals surface area contributed by atoms with Gasteiger partial charge in [0.15, 0.2) is 6.29 Å². The minimum atomic E-state index is -0.564. The molecular formula is C15H10N2O4. The van der Waals surface area contributed by atoms with E-state index >= 15 is 0 Å². The smallest absolute Gasteiger partial charge is 0.277 e. The minimum absolute atomic E-state index is 0.0626. The maximum atomic E-state index is 11.0.